The smallest absolute Gasteiger partial charge is 0.0408 e. The molecule has 0 amide bonds. The Kier molecular flexibility index (Phi) is 13.4. The second kappa shape index (κ2) is 17.7. The average Bonchev–Trinajstić information content (AvgIpc) is 3.05. The molecule has 0 aliphatic rings. The van der Waals surface area contributed by atoms with E-state index in [-0.39, 0.29) is 0 Å². The van der Waals surface area contributed by atoms with Crippen LogP contribution >= 0.6 is 0 Å². The zero-order valence-electron chi connectivity index (χ0n) is 27.5. The van der Waals surface area contributed by atoms with Crippen molar-refractivity contribution in [3.63, 3.8) is 0 Å². The van der Waals surface area contributed by atoms with E-state index < -0.39 is 0 Å². The Balaban J connectivity index is 1.66. The molecule has 0 saturated carbocycles. The average molecular weight is 574 g/mol. The molecule has 0 N–H and O–H groups in total. The molecule has 43 heavy (non-hydrogen) atoms. The summed E-state index contributed by atoms with van der Waals surface area (Å²) in [7, 11) is 2.16. The van der Waals surface area contributed by atoms with Crippen LogP contribution in [0.3, 0.4) is 0 Å². The fraction of sp³-hybridized carbons (Fsp3) is 0.429. The lowest BCUT2D eigenvalue weighted by Gasteiger charge is -2.21. The molecule has 0 aromatic heterocycles. The summed E-state index contributed by atoms with van der Waals surface area (Å²) in [5, 5.41) is 0. The van der Waals surface area contributed by atoms with Crippen LogP contribution in [0.25, 0.3) is 22.3 Å². The molecular weight excluding hydrogens is 518 g/mol. The van der Waals surface area contributed by atoms with Crippen molar-refractivity contribution in [3.05, 3.63) is 108 Å². The predicted molar refractivity (Wildman–Crippen MR) is 191 cm³/mol. The quantitative estimate of drug-likeness (QED) is 0.107. The molecule has 0 aliphatic heterocycles. The number of hydrogen-bond donors (Lipinski definition) is 0. The summed E-state index contributed by atoms with van der Waals surface area (Å²) in [6.07, 6.45) is 18.2. The van der Waals surface area contributed by atoms with Gasteiger partial charge >= 0.3 is 0 Å². The molecule has 0 saturated heterocycles. The molecule has 0 radical (unpaired) electrons. The van der Waals surface area contributed by atoms with Crippen molar-refractivity contribution in [1.29, 1.82) is 0 Å². The van der Waals surface area contributed by atoms with Gasteiger partial charge in [-0.2, -0.15) is 0 Å². The van der Waals surface area contributed by atoms with Crippen LogP contribution in [0.2, 0.25) is 0 Å². The standard InChI is InChI=1S/C42H55N/c1-5-7-9-11-13-16-20-37-33-42(36-28-30-40(31-29-36)43(4)39-22-18-15-19-23-39)38(21-17-14-12-10-8-6-2)32-41(37)35-26-24-34(3)25-27-35/h15,18-19,22-33H,5-14,16-17,20-21H2,1-4H3. The van der Waals surface area contributed by atoms with Gasteiger partial charge in [-0.1, -0.05) is 150 Å². The summed E-state index contributed by atoms with van der Waals surface area (Å²) in [6, 6.07) is 34.2. The summed E-state index contributed by atoms with van der Waals surface area (Å²) in [6.45, 7) is 6.79. The third-order valence-electron chi connectivity index (χ3n) is 9.00. The first kappa shape index (κ1) is 32.6. The summed E-state index contributed by atoms with van der Waals surface area (Å²) in [5.41, 5.74) is 12.3. The lowest BCUT2D eigenvalue weighted by Crippen LogP contribution is -2.08. The highest BCUT2D eigenvalue weighted by Gasteiger charge is 2.14. The second-order valence-corrected chi connectivity index (χ2v) is 12.5. The topological polar surface area (TPSA) is 3.24 Å². The van der Waals surface area contributed by atoms with E-state index in [2.05, 4.69) is 124 Å². The number of nitrogens with zero attached hydrogens (tertiary/aromatic N) is 1. The molecule has 0 unspecified atom stereocenters. The van der Waals surface area contributed by atoms with Gasteiger partial charge in [-0.25, -0.2) is 0 Å². The van der Waals surface area contributed by atoms with Gasteiger partial charge in [0.2, 0.25) is 0 Å². The summed E-state index contributed by atoms with van der Waals surface area (Å²) in [5.74, 6) is 0. The van der Waals surface area contributed by atoms with Gasteiger partial charge in [0.25, 0.3) is 0 Å². The first-order valence-electron chi connectivity index (χ1n) is 17.2. The third kappa shape index (κ3) is 9.85. The van der Waals surface area contributed by atoms with E-state index in [0.717, 1.165) is 12.8 Å². The fourth-order valence-electron chi connectivity index (χ4n) is 6.23. The lowest BCUT2D eigenvalue weighted by atomic mass is 9.86. The number of hydrogen-bond acceptors (Lipinski definition) is 1. The fourth-order valence-corrected chi connectivity index (χ4v) is 6.23. The number of benzene rings is 4. The van der Waals surface area contributed by atoms with Crippen LogP contribution in [0.4, 0.5) is 11.4 Å². The van der Waals surface area contributed by atoms with E-state index in [0.29, 0.717) is 0 Å². The predicted octanol–water partition coefficient (Wildman–Crippen LogP) is 12.9. The van der Waals surface area contributed by atoms with Gasteiger partial charge in [-0.05, 0) is 90.3 Å². The summed E-state index contributed by atoms with van der Waals surface area (Å²) < 4.78 is 0. The molecule has 0 spiro atoms. The van der Waals surface area contributed by atoms with Gasteiger partial charge in [0, 0.05) is 18.4 Å². The van der Waals surface area contributed by atoms with Gasteiger partial charge < -0.3 is 4.90 Å². The molecule has 4 aromatic carbocycles. The molecular formula is C42H55N. The van der Waals surface area contributed by atoms with E-state index in [1.54, 1.807) is 0 Å². The van der Waals surface area contributed by atoms with Crippen LogP contribution in [0, 0.1) is 6.92 Å². The first-order valence-corrected chi connectivity index (χ1v) is 17.2. The molecule has 0 atom stereocenters. The minimum atomic E-state index is 1.14. The van der Waals surface area contributed by atoms with Crippen molar-refractivity contribution in [2.24, 2.45) is 0 Å². The highest BCUT2D eigenvalue weighted by Crippen LogP contribution is 2.36. The maximum Gasteiger partial charge on any atom is 0.0408 e. The summed E-state index contributed by atoms with van der Waals surface area (Å²) >= 11 is 0. The largest absolute Gasteiger partial charge is 0.345 e. The van der Waals surface area contributed by atoms with Crippen LogP contribution in [0.15, 0.2) is 91.0 Å². The molecule has 1 nitrogen and oxygen atoms in total. The number of unbranched alkanes of at least 4 members (excludes halogenated alkanes) is 10. The van der Waals surface area contributed by atoms with Crippen molar-refractivity contribution >= 4 is 11.4 Å². The van der Waals surface area contributed by atoms with Gasteiger partial charge in [0.05, 0.1) is 0 Å². The Hall–Kier alpha value is -3.32. The van der Waals surface area contributed by atoms with Crippen LogP contribution in [-0.4, -0.2) is 7.05 Å². The number of anilines is 2. The molecule has 0 heterocycles. The van der Waals surface area contributed by atoms with Crippen LogP contribution in [0.1, 0.15) is 108 Å². The zero-order valence-corrected chi connectivity index (χ0v) is 27.5. The minimum absolute atomic E-state index is 1.14. The molecule has 0 aliphatic carbocycles. The molecule has 0 bridgehead atoms. The monoisotopic (exact) mass is 573 g/mol. The first-order chi connectivity index (χ1) is 21.1. The van der Waals surface area contributed by atoms with Crippen molar-refractivity contribution in [2.75, 3.05) is 11.9 Å². The van der Waals surface area contributed by atoms with E-state index in [1.807, 2.05) is 0 Å². The molecule has 1 heteroatoms. The van der Waals surface area contributed by atoms with Crippen molar-refractivity contribution in [1.82, 2.24) is 0 Å². The number of rotatable bonds is 18. The zero-order chi connectivity index (χ0) is 30.3. The van der Waals surface area contributed by atoms with Gasteiger partial charge in [0.15, 0.2) is 0 Å². The van der Waals surface area contributed by atoms with Crippen LogP contribution in [-0.2, 0) is 12.8 Å². The maximum absolute atomic E-state index is 2.56. The Morgan fingerprint density at radius 2 is 0.884 bits per heavy atom. The number of para-hydroxylation sites is 1. The summed E-state index contributed by atoms with van der Waals surface area (Å²) in [4.78, 5) is 2.27. The lowest BCUT2D eigenvalue weighted by molar-refractivity contribution is 0.606. The Bertz CT molecular complexity index is 1330. The van der Waals surface area contributed by atoms with Crippen LogP contribution < -0.4 is 4.90 Å². The minimum Gasteiger partial charge on any atom is -0.345 e. The normalized spacial score (nSPS) is 11.2. The van der Waals surface area contributed by atoms with Crippen LogP contribution in [0.5, 0.6) is 0 Å². The van der Waals surface area contributed by atoms with E-state index in [9.17, 15) is 0 Å². The van der Waals surface area contributed by atoms with Crippen molar-refractivity contribution in [2.45, 2.75) is 111 Å². The third-order valence-corrected chi connectivity index (χ3v) is 9.00. The van der Waals surface area contributed by atoms with Crippen molar-refractivity contribution < 1.29 is 0 Å². The van der Waals surface area contributed by atoms with Gasteiger partial charge in [-0.3, -0.25) is 0 Å². The second-order valence-electron chi connectivity index (χ2n) is 12.5. The molecule has 0 fully saturated rings. The highest BCUT2D eigenvalue weighted by molar-refractivity contribution is 5.78. The Morgan fingerprint density at radius 3 is 1.37 bits per heavy atom. The van der Waals surface area contributed by atoms with Gasteiger partial charge in [-0.15, -0.1) is 0 Å². The van der Waals surface area contributed by atoms with Gasteiger partial charge in [0.1, 0.15) is 0 Å². The maximum atomic E-state index is 2.56. The van der Waals surface area contributed by atoms with Crippen molar-refractivity contribution in [3.8, 4) is 22.3 Å². The van der Waals surface area contributed by atoms with E-state index in [4.69, 9.17) is 0 Å². The molecule has 228 valence electrons. The molecule has 4 rings (SSSR count). The van der Waals surface area contributed by atoms with E-state index >= 15 is 0 Å². The number of aryl methyl sites for hydroxylation is 3. The SMILES string of the molecule is CCCCCCCCc1cc(-c2ccc(N(C)c3ccccc3)cc2)c(CCCCCCCC)cc1-c1ccc(C)cc1. The van der Waals surface area contributed by atoms with E-state index in [1.165, 1.54) is 127 Å². The highest BCUT2D eigenvalue weighted by atomic mass is 15.1. The Labute approximate surface area is 263 Å². The Morgan fingerprint density at radius 1 is 0.465 bits per heavy atom. The molecule has 4 aromatic rings.